The van der Waals surface area contributed by atoms with E-state index in [2.05, 4.69) is 81.8 Å². The average molecular weight is 448 g/mol. The van der Waals surface area contributed by atoms with Gasteiger partial charge < -0.3 is 10.0 Å². The highest BCUT2D eigenvalue weighted by molar-refractivity contribution is 14.1. The van der Waals surface area contributed by atoms with E-state index in [9.17, 15) is 5.11 Å². The molecule has 2 aromatic rings. The lowest BCUT2D eigenvalue weighted by atomic mass is 9.85. The summed E-state index contributed by atoms with van der Waals surface area (Å²) in [6.07, 6.45) is 1.50. The number of aliphatic hydroxyl groups excluding tert-OH is 1. The molecule has 25 heavy (non-hydrogen) atoms. The molecule has 132 valence electrons. The van der Waals surface area contributed by atoms with Crippen LogP contribution in [0, 0.1) is 10.5 Å². The van der Waals surface area contributed by atoms with Crippen molar-refractivity contribution in [3.8, 4) is 0 Å². The van der Waals surface area contributed by atoms with Crippen molar-refractivity contribution in [1.82, 2.24) is 4.90 Å². The predicted octanol–water partition coefficient (Wildman–Crippen LogP) is 3.25. The van der Waals surface area contributed by atoms with Crippen LogP contribution in [0.3, 0.4) is 0 Å². The third-order valence-electron chi connectivity index (χ3n) is 5.74. The van der Waals surface area contributed by atoms with Gasteiger partial charge in [-0.2, -0.15) is 0 Å². The van der Waals surface area contributed by atoms with Crippen molar-refractivity contribution in [2.45, 2.75) is 31.9 Å². The Hall–Kier alpha value is -1.11. The molecule has 1 aliphatic carbocycles. The second kappa shape index (κ2) is 7.25. The van der Waals surface area contributed by atoms with Gasteiger partial charge in [0.05, 0.1) is 6.10 Å². The number of anilines is 1. The van der Waals surface area contributed by atoms with E-state index >= 15 is 0 Å². The summed E-state index contributed by atoms with van der Waals surface area (Å²) < 4.78 is 1.34. The second-order valence-electron chi connectivity index (χ2n) is 7.23. The number of aliphatic hydroxyl groups is 1. The molecule has 2 aromatic carbocycles. The van der Waals surface area contributed by atoms with E-state index < -0.39 is 0 Å². The quantitative estimate of drug-likeness (QED) is 0.715. The first kappa shape index (κ1) is 17.3. The van der Waals surface area contributed by atoms with Crippen LogP contribution in [0.15, 0.2) is 42.5 Å². The number of hydrogen-bond donors (Lipinski definition) is 1. The topological polar surface area (TPSA) is 26.7 Å². The average Bonchev–Trinajstić information content (AvgIpc) is 2.62. The first-order valence-corrected chi connectivity index (χ1v) is 10.2. The van der Waals surface area contributed by atoms with E-state index in [0.29, 0.717) is 0 Å². The minimum atomic E-state index is -0.254. The van der Waals surface area contributed by atoms with Crippen molar-refractivity contribution in [3.05, 3.63) is 62.7 Å². The minimum absolute atomic E-state index is 0.252. The Balaban J connectivity index is 1.46. The van der Waals surface area contributed by atoms with Crippen molar-refractivity contribution in [2.75, 3.05) is 31.1 Å². The molecule has 0 amide bonds. The first-order chi connectivity index (χ1) is 12.1. The van der Waals surface area contributed by atoms with Crippen LogP contribution in [0.4, 0.5) is 5.69 Å². The molecule has 4 heteroatoms. The molecular weight excluding hydrogens is 423 g/mol. The van der Waals surface area contributed by atoms with E-state index in [0.717, 1.165) is 39.0 Å². The Bertz CT molecular complexity index is 755. The van der Waals surface area contributed by atoms with Crippen molar-refractivity contribution < 1.29 is 5.11 Å². The standard InChI is InChI=1S/C21H25IN2O/c1-15-5-2-3-8-19(15)23-9-11-24(12-10-23)20-14-17-16(13-21(20)25)6-4-7-18(17)22/h2-8,20-21,25H,9-14H2,1H3/t20-,21-/m0/s1. The van der Waals surface area contributed by atoms with E-state index in [1.54, 1.807) is 0 Å². The van der Waals surface area contributed by atoms with Crippen LogP contribution in [0.25, 0.3) is 0 Å². The zero-order valence-corrected chi connectivity index (χ0v) is 16.8. The maximum atomic E-state index is 10.7. The minimum Gasteiger partial charge on any atom is -0.391 e. The Morgan fingerprint density at radius 3 is 2.48 bits per heavy atom. The number of aryl methyl sites for hydroxylation is 1. The summed E-state index contributed by atoms with van der Waals surface area (Å²) in [5.74, 6) is 0. The van der Waals surface area contributed by atoms with Gasteiger partial charge in [0.25, 0.3) is 0 Å². The zero-order valence-electron chi connectivity index (χ0n) is 14.7. The molecule has 1 N–H and O–H groups in total. The Morgan fingerprint density at radius 1 is 0.960 bits per heavy atom. The van der Waals surface area contributed by atoms with Crippen LogP contribution >= 0.6 is 22.6 Å². The van der Waals surface area contributed by atoms with Gasteiger partial charge in [0.1, 0.15) is 0 Å². The molecule has 0 unspecified atom stereocenters. The molecule has 0 radical (unpaired) electrons. The molecule has 0 saturated carbocycles. The van der Waals surface area contributed by atoms with Gasteiger partial charge in [-0.1, -0.05) is 30.3 Å². The largest absolute Gasteiger partial charge is 0.391 e. The van der Waals surface area contributed by atoms with Crippen LogP contribution < -0.4 is 4.90 Å². The second-order valence-corrected chi connectivity index (χ2v) is 8.39. The zero-order chi connectivity index (χ0) is 17.4. The summed E-state index contributed by atoms with van der Waals surface area (Å²) in [6.45, 7) is 6.30. The summed E-state index contributed by atoms with van der Waals surface area (Å²) in [7, 11) is 0. The van der Waals surface area contributed by atoms with E-state index in [1.165, 1.54) is 25.9 Å². The van der Waals surface area contributed by atoms with E-state index in [-0.39, 0.29) is 12.1 Å². The number of nitrogens with zero attached hydrogens (tertiary/aromatic N) is 2. The van der Waals surface area contributed by atoms with Crippen LogP contribution in [0.5, 0.6) is 0 Å². The number of halogens is 1. The van der Waals surface area contributed by atoms with Gasteiger partial charge in [-0.15, -0.1) is 0 Å². The van der Waals surface area contributed by atoms with Crippen molar-refractivity contribution in [2.24, 2.45) is 0 Å². The number of rotatable bonds is 2. The smallest absolute Gasteiger partial charge is 0.0739 e. The number of hydrogen-bond acceptors (Lipinski definition) is 3. The predicted molar refractivity (Wildman–Crippen MR) is 111 cm³/mol. The molecule has 0 bridgehead atoms. The summed E-state index contributed by atoms with van der Waals surface area (Å²) in [6, 6.07) is 15.4. The molecule has 4 rings (SSSR count). The fourth-order valence-electron chi connectivity index (χ4n) is 4.31. The maximum Gasteiger partial charge on any atom is 0.0739 e. The van der Waals surface area contributed by atoms with Gasteiger partial charge >= 0.3 is 0 Å². The number of benzene rings is 2. The molecule has 2 atom stereocenters. The van der Waals surface area contributed by atoms with E-state index in [1.807, 2.05) is 0 Å². The normalized spacial score (nSPS) is 24.2. The van der Waals surface area contributed by atoms with Gasteiger partial charge in [0.2, 0.25) is 0 Å². The Labute approximate surface area is 163 Å². The monoisotopic (exact) mass is 448 g/mol. The lowest BCUT2D eigenvalue weighted by Crippen LogP contribution is -2.56. The van der Waals surface area contributed by atoms with Crippen molar-refractivity contribution in [1.29, 1.82) is 0 Å². The van der Waals surface area contributed by atoms with Crippen LogP contribution in [-0.2, 0) is 12.8 Å². The van der Waals surface area contributed by atoms with Gasteiger partial charge in [-0.25, -0.2) is 0 Å². The SMILES string of the molecule is Cc1ccccc1N1CCN([C@H]2Cc3c(I)cccc3C[C@@H]2O)CC1. The van der Waals surface area contributed by atoms with Gasteiger partial charge in [0.15, 0.2) is 0 Å². The molecule has 1 fully saturated rings. The fraction of sp³-hybridized carbons (Fsp3) is 0.429. The maximum absolute atomic E-state index is 10.7. The highest BCUT2D eigenvalue weighted by Crippen LogP contribution is 2.30. The number of fused-ring (bicyclic) bond motifs is 1. The van der Waals surface area contributed by atoms with E-state index in [4.69, 9.17) is 0 Å². The van der Waals surface area contributed by atoms with Crippen LogP contribution in [0.1, 0.15) is 16.7 Å². The molecule has 1 saturated heterocycles. The van der Waals surface area contributed by atoms with Gasteiger partial charge in [0, 0.05) is 47.9 Å². The van der Waals surface area contributed by atoms with Crippen molar-refractivity contribution >= 4 is 28.3 Å². The number of para-hydroxylation sites is 1. The lowest BCUT2D eigenvalue weighted by Gasteiger charge is -2.44. The Morgan fingerprint density at radius 2 is 1.72 bits per heavy atom. The summed E-state index contributed by atoms with van der Waals surface area (Å²) in [5, 5.41) is 10.7. The van der Waals surface area contributed by atoms with Crippen LogP contribution in [0.2, 0.25) is 0 Å². The Kier molecular flexibility index (Phi) is 5.02. The highest BCUT2D eigenvalue weighted by atomic mass is 127. The fourth-order valence-corrected chi connectivity index (χ4v) is 5.09. The van der Waals surface area contributed by atoms with Gasteiger partial charge in [-0.3, -0.25) is 4.90 Å². The number of piperazine rings is 1. The molecule has 2 aliphatic rings. The molecular formula is C21H25IN2O. The molecule has 1 heterocycles. The molecule has 0 aromatic heterocycles. The van der Waals surface area contributed by atoms with Crippen molar-refractivity contribution in [3.63, 3.8) is 0 Å². The molecule has 3 nitrogen and oxygen atoms in total. The lowest BCUT2D eigenvalue weighted by molar-refractivity contribution is 0.0393. The van der Waals surface area contributed by atoms with Crippen LogP contribution in [-0.4, -0.2) is 48.3 Å². The summed E-state index contributed by atoms with van der Waals surface area (Å²) in [4.78, 5) is 4.99. The highest BCUT2D eigenvalue weighted by Gasteiger charge is 2.34. The third-order valence-corrected chi connectivity index (χ3v) is 6.75. The molecule has 1 aliphatic heterocycles. The first-order valence-electron chi connectivity index (χ1n) is 9.12. The van der Waals surface area contributed by atoms with Gasteiger partial charge in [-0.05, 0) is 64.8 Å². The summed E-state index contributed by atoms with van der Waals surface area (Å²) >= 11 is 2.44. The third kappa shape index (κ3) is 3.44. The molecule has 0 spiro atoms. The summed E-state index contributed by atoms with van der Waals surface area (Å²) in [5.41, 5.74) is 5.47.